The topological polar surface area (TPSA) is 78.9 Å². The molecule has 2 N–H and O–H groups in total. The number of nitrogens with one attached hydrogen (secondary N) is 1. The van der Waals surface area contributed by atoms with Gasteiger partial charge in [0.25, 0.3) is 0 Å². The smallest absolute Gasteiger partial charge is 0.321 e. The summed E-state index contributed by atoms with van der Waals surface area (Å²) in [7, 11) is 0. The Hall–Kier alpha value is -2.24. The molecule has 6 nitrogen and oxygen atoms in total. The number of anilines is 1. The highest BCUT2D eigenvalue weighted by Crippen LogP contribution is 2.31. The number of urea groups is 1. The highest BCUT2D eigenvalue weighted by molar-refractivity contribution is 5.91. The molecular weight excluding hydrogens is 272 g/mol. The van der Waals surface area contributed by atoms with Crippen LogP contribution < -0.4 is 10.1 Å². The lowest BCUT2D eigenvalue weighted by molar-refractivity contribution is -0.146. The molecule has 0 aromatic heterocycles. The number of benzene rings is 1. The van der Waals surface area contributed by atoms with Crippen LogP contribution in [0.15, 0.2) is 24.3 Å². The Bertz CT molecular complexity index is 546. The van der Waals surface area contributed by atoms with Crippen molar-refractivity contribution >= 4 is 17.7 Å². The van der Waals surface area contributed by atoms with E-state index in [1.54, 1.807) is 19.1 Å². The summed E-state index contributed by atoms with van der Waals surface area (Å²) >= 11 is 0. The van der Waals surface area contributed by atoms with Gasteiger partial charge in [0.05, 0.1) is 17.7 Å². The van der Waals surface area contributed by atoms with Crippen molar-refractivity contribution in [3.63, 3.8) is 0 Å². The molecule has 0 saturated carbocycles. The first-order valence-electron chi connectivity index (χ1n) is 6.97. The van der Waals surface area contributed by atoms with Crippen LogP contribution in [0.2, 0.25) is 0 Å². The minimum Gasteiger partial charge on any atom is -0.492 e. The summed E-state index contributed by atoms with van der Waals surface area (Å²) in [5, 5.41) is 12.0. The van der Waals surface area contributed by atoms with Gasteiger partial charge in [0, 0.05) is 13.1 Å². The molecule has 1 fully saturated rings. The van der Waals surface area contributed by atoms with E-state index < -0.39 is 11.4 Å². The molecule has 0 spiro atoms. The van der Waals surface area contributed by atoms with Gasteiger partial charge < -0.3 is 20.1 Å². The predicted molar refractivity (Wildman–Crippen MR) is 78.6 cm³/mol. The minimum atomic E-state index is -0.868. The molecule has 1 heterocycles. The monoisotopic (exact) mass is 292 g/mol. The molecule has 1 aromatic rings. The highest BCUT2D eigenvalue weighted by Gasteiger charge is 2.42. The molecule has 1 aromatic carbocycles. The van der Waals surface area contributed by atoms with Crippen molar-refractivity contribution in [2.45, 2.75) is 20.3 Å². The number of para-hydroxylation sites is 2. The first-order valence-corrected chi connectivity index (χ1v) is 6.97. The third-order valence-corrected chi connectivity index (χ3v) is 3.71. The van der Waals surface area contributed by atoms with Crippen LogP contribution in [-0.4, -0.2) is 41.7 Å². The van der Waals surface area contributed by atoms with E-state index in [1.165, 1.54) is 4.90 Å². The zero-order valence-electron chi connectivity index (χ0n) is 12.3. The van der Waals surface area contributed by atoms with E-state index in [2.05, 4.69) is 5.32 Å². The van der Waals surface area contributed by atoms with Crippen LogP contribution >= 0.6 is 0 Å². The predicted octanol–water partition coefficient (Wildman–Crippen LogP) is 2.41. The van der Waals surface area contributed by atoms with Gasteiger partial charge in [-0.25, -0.2) is 4.79 Å². The minimum absolute atomic E-state index is 0.213. The number of amides is 2. The molecule has 6 heteroatoms. The molecule has 1 aliphatic heterocycles. The van der Waals surface area contributed by atoms with E-state index >= 15 is 0 Å². The lowest BCUT2D eigenvalue weighted by atomic mass is 9.90. The first-order chi connectivity index (χ1) is 9.96. The lowest BCUT2D eigenvalue weighted by Crippen LogP contribution is -2.37. The maximum absolute atomic E-state index is 12.2. The Morgan fingerprint density at radius 3 is 2.76 bits per heavy atom. The molecule has 2 amide bonds. The van der Waals surface area contributed by atoms with E-state index in [1.807, 2.05) is 19.1 Å². The molecular formula is C15H20N2O4. The summed E-state index contributed by atoms with van der Waals surface area (Å²) in [6.45, 7) is 4.69. The van der Waals surface area contributed by atoms with E-state index in [-0.39, 0.29) is 12.6 Å². The number of nitrogens with zero attached hydrogens (tertiary/aromatic N) is 1. The normalized spacial score (nSPS) is 21.1. The summed E-state index contributed by atoms with van der Waals surface area (Å²) in [6.07, 6.45) is 0.461. The Morgan fingerprint density at radius 1 is 1.43 bits per heavy atom. The third-order valence-electron chi connectivity index (χ3n) is 3.71. The largest absolute Gasteiger partial charge is 0.492 e. The summed E-state index contributed by atoms with van der Waals surface area (Å²) in [5.41, 5.74) is -0.273. The molecule has 2 rings (SSSR count). The van der Waals surface area contributed by atoms with Crippen LogP contribution in [0.1, 0.15) is 20.3 Å². The van der Waals surface area contributed by atoms with Crippen LogP contribution in [0.5, 0.6) is 5.75 Å². The third kappa shape index (κ3) is 3.26. The quantitative estimate of drug-likeness (QED) is 0.893. The summed E-state index contributed by atoms with van der Waals surface area (Å²) in [4.78, 5) is 25.0. The number of carboxylic acid groups (broad SMARTS) is 1. The average Bonchev–Trinajstić information content (AvgIpc) is 2.85. The number of ether oxygens (including phenoxy) is 1. The number of aliphatic carboxylic acids is 1. The molecule has 1 unspecified atom stereocenters. The molecule has 0 aliphatic carbocycles. The number of carboxylic acids is 1. The van der Waals surface area contributed by atoms with Gasteiger partial charge in [0.15, 0.2) is 0 Å². The summed E-state index contributed by atoms with van der Waals surface area (Å²) < 4.78 is 5.45. The molecule has 21 heavy (non-hydrogen) atoms. The fourth-order valence-electron chi connectivity index (χ4n) is 2.35. The van der Waals surface area contributed by atoms with Crippen LogP contribution in [0, 0.1) is 5.41 Å². The second-order valence-corrected chi connectivity index (χ2v) is 5.40. The van der Waals surface area contributed by atoms with E-state index in [4.69, 9.17) is 4.74 Å². The second-order valence-electron chi connectivity index (χ2n) is 5.40. The van der Waals surface area contributed by atoms with Gasteiger partial charge in [-0.15, -0.1) is 0 Å². The van der Waals surface area contributed by atoms with Gasteiger partial charge in [0.2, 0.25) is 0 Å². The van der Waals surface area contributed by atoms with Gasteiger partial charge in [-0.2, -0.15) is 0 Å². The second kappa shape index (κ2) is 6.03. The van der Waals surface area contributed by atoms with Crippen molar-refractivity contribution in [3.05, 3.63) is 24.3 Å². The van der Waals surface area contributed by atoms with E-state index in [9.17, 15) is 14.7 Å². The first kappa shape index (κ1) is 15.2. The number of hydrogen-bond donors (Lipinski definition) is 2. The van der Waals surface area contributed by atoms with Gasteiger partial charge in [0.1, 0.15) is 5.75 Å². The lowest BCUT2D eigenvalue weighted by Gasteiger charge is -2.21. The van der Waals surface area contributed by atoms with Crippen LogP contribution in [0.3, 0.4) is 0 Å². The van der Waals surface area contributed by atoms with Gasteiger partial charge in [-0.05, 0) is 32.4 Å². The van der Waals surface area contributed by atoms with E-state index in [0.717, 1.165) is 0 Å². The van der Waals surface area contributed by atoms with Crippen LogP contribution in [-0.2, 0) is 4.79 Å². The van der Waals surface area contributed by atoms with Crippen molar-refractivity contribution in [2.75, 3.05) is 25.0 Å². The summed E-state index contributed by atoms with van der Waals surface area (Å²) in [6, 6.07) is 6.88. The van der Waals surface area contributed by atoms with Gasteiger partial charge in [-0.3, -0.25) is 4.79 Å². The van der Waals surface area contributed by atoms with Crippen molar-refractivity contribution in [3.8, 4) is 5.75 Å². The van der Waals surface area contributed by atoms with Crippen molar-refractivity contribution in [2.24, 2.45) is 5.41 Å². The number of carbonyl (C=O) groups is 2. The average molecular weight is 292 g/mol. The fraction of sp³-hybridized carbons (Fsp3) is 0.467. The molecule has 1 aliphatic rings. The molecule has 0 radical (unpaired) electrons. The zero-order chi connectivity index (χ0) is 15.5. The van der Waals surface area contributed by atoms with Gasteiger partial charge in [-0.1, -0.05) is 12.1 Å². The van der Waals surface area contributed by atoms with Crippen molar-refractivity contribution in [1.29, 1.82) is 0 Å². The maximum atomic E-state index is 12.2. The molecule has 114 valence electrons. The standard InChI is InChI=1S/C15H20N2O4/c1-3-21-12-7-5-4-6-11(12)16-14(20)17-9-8-15(2,10-17)13(18)19/h4-7H,3,8-10H2,1-2H3,(H,16,20)(H,18,19). The number of carbonyl (C=O) groups excluding carboxylic acids is 1. The Balaban J connectivity index is 2.05. The molecule has 0 bridgehead atoms. The van der Waals surface area contributed by atoms with Crippen LogP contribution in [0.4, 0.5) is 10.5 Å². The Labute approximate surface area is 123 Å². The van der Waals surface area contributed by atoms with Crippen molar-refractivity contribution in [1.82, 2.24) is 4.90 Å². The molecule has 1 atom stereocenters. The Morgan fingerprint density at radius 2 is 2.14 bits per heavy atom. The number of hydrogen-bond acceptors (Lipinski definition) is 3. The van der Waals surface area contributed by atoms with Gasteiger partial charge >= 0.3 is 12.0 Å². The highest BCUT2D eigenvalue weighted by atomic mass is 16.5. The number of likely N-dealkylation sites (tertiary alicyclic amines) is 1. The Kier molecular flexibility index (Phi) is 4.35. The van der Waals surface area contributed by atoms with E-state index in [0.29, 0.717) is 31.0 Å². The fourth-order valence-corrected chi connectivity index (χ4v) is 2.35. The summed E-state index contributed by atoms with van der Waals surface area (Å²) in [5.74, 6) is -0.263. The number of rotatable bonds is 4. The SMILES string of the molecule is CCOc1ccccc1NC(=O)N1CCC(C)(C(=O)O)C1. The van der Waals surface area contributed by atoms with Crippen LogP contribution in [0.25, 0.3) is 0 Å². The zero-order valence-corrected chi connectivity index (χ0v) is 12.3. The van der Waals surface area contributed by atoms with Crippen molar-refractivity contribution < 1.29 is 19.4 Å². The maximum Gasteiger partial charge on any atom is 0.321 e. The molecule has 1 saturated heterocycles.